The zero-order valence-electron chi connectivity index (χ0n) is 16.9. The van der Waals surface area contributed by atoms with Crippen LogP contribution in [0.25, 0.3) is 10.9 Å². The van der Waals surface area contributed by atoms with Gasteiger partial charge in [-0.2, -0.15) is 0 Å². The summed E-state index contributed by atoms with van der Waals surface area (Å²) in [4.78, 5) is 31.4. The fraction of sp³-hybridized carbons (Fsp3) is 0.0800. The zero-order chi connectivity index (χ0) is 21.4. The number of pyridine rings is 1. The Bertz CT molecular complexity index is 1290. The molecular formula is C25H20N4O2. The number of carbonyl (C=O) groups excluding carboxylic acids is 2. The molecule has 0 saturated heterocycles. The van der Waals surface area contributed by atoms with Gasteiger partial charge in [0.25, 0.3) is 5.91 Å². The molecule has 2 heterocycles. The van der Waals surface area contributed by atoms with Crippen molar-refractivity contribution in [3.8, 4) is 0 Å². The van der Waals surface area contributed by atoms with Crippen LogP contribution in [0.4, 0.5) is 17.2 Å². The van der Waals surface area contributed by atoms with Gasteiger partial charge in [-0.05, 0) is 42.0 Å². The topological polar surface area (TPSA) is 74.3 Å². The number of anilines is 3. The number of rotatable bonds is 3. The van der Waals surface area contributed by atoms with Crippen molar-refractivity contribution >= 4 is 39.9 Å². The monoisotopic (exact) mass is 408 g/mol. The Morgan fingerprint density at radius 1 is 0.968 bits per heavy atom. The maximum absolute atomic E-state index is 13.6. The first kappa shape index (κ1) is 18.8. The lowest BCUT2D eigenvalue weighted by Gasteiger charge is -2.37. The lowest BCUT2D eigenvalue weighted by molar-refractivity contribution is -0.114. The number of amides is 2. The van der Waals surface area contributed by atoms with Crippen molar-refractivity contribution in [1.29, 1.82) is 0 Å². The first-order chi connectivity index (χ1) is 15.1. The number of para-hydroxylation sites is 2. The molecule has 0 spiro atoms. The normalized spacial score (nSPS) is 15.3. The molecule has 1 aliphatic rings. The number of carbonyl (C=O) groups is 2. The van der Waals surface area contributed by atoms with E-state index < -0.39 is 6.17 Å². The lowest BCUT2D eigenvalue weighted by atomic mass is 10.0. The van der Waals surface area contributed by atoms with Crippen molar-refractivity contribution < 1.29 is 9.59 Å². The van der Waals surface area contributed by atoms with E-state index in [1.807, 2.05) is 84.9 Å². The zero-order valence-corrected chi connectivity index (χ0v) is 16.9. The summed E-state index contributed by atoms with van der Waals surface area (Å²) in [5.41, 5.74) is 3.74. The van der Waals surface area contributed by atoms with Crippen LogP contribution in [0, 0.1) is 0 Å². The molecule has 5 rings (SSSR count). The Balaban J connectivity index is 1.62. The average molecular weight is 408 g/mol. The smallest absolute Gasteiger partial charge is 0.264 e. The molecule has 1 aromatic heterocycles. The van der Waals surface area contributed by atoms with Crippen molar-refractivity contribution in [2.24, 2.45) is 0 Å². The maximum Gasteiger partial charge on any atom is 0.264 e. The highest BCUT2D eigenvalue weighted by molar-refractivity contribution is 6.13. The fourth-order valence-electron chi connectivity index (χ4n) is 3.87. The van der Waals surface area contributed by atoms with Gasteiger partial charge in [0.15, 0.2) is 0 Å². The summed E-state index contributed by atoms with van der Waals surface area (Å²) in [6.45, 7) is 1.47. The Kier molecular flexibility index (Phi) is 4.59. The molecule has 31 heavy (non-hydrogen) atoms. The van der Waals surface area contributed by atoms with Gasteiger partial charge in [0, 0.05) is 23.7 Å². The first-order valence-corrected chi connectivity index (χ1v) is 10.0. The summed E-state index contributed by atoms with van der Waals surface area (Å²) in [6.07, 6.45) is -0.442. The standard InChI is InChI=1S/C25H20N4O2/c1-16(30)26-19-13-11-17(12-14-19)24-28-23-21(15-18-7-5-6-10-22(18)27-23)25(31)29(24)20-8-3-2-4-9-20/h2-15,24H,1H3,(H,26,30)(H,27,28)/t24-/m1/s1. The summed E-state index contributed by atoms with van der Waals surface area (Å²) in [7, 11) is 0. The molecule has 0 aliphatic carbocycles. The van der Waals surface area contributed by atoms with Crippen molar-refractivity contribution in [3.05, 3.63) is 96.1 Å². The molecule has 2 N–H and O–H groups in total. The van der Waals surface area contributed by atoms with E-state index in [1.54, 1.807) is 4.90 Å². The number of aromatic nitrogens is 1. The summed E-state index contributed by atoms with van der Waals surface area (Å²) < 4.78 is 0. The van der Waals surface area contributed by atoms with Gasteiger partial charge >= 0.3 is 0 Å². The minimum Gasteiger partial charge on any atom is -0.345 e. The molecule has 0 fully saturated rings. The first-order valence-electron chi connectivity index (χ1n) is 10.0. The van der Waals surface area contributed by atoms with Crippen LogP contribution < -0.4 is 15.5 Å². The second kappa shape index (κ2) is 7.57. The molecule has 2 amide bonds. The number of benzene rings is 3. The van der Waals surface area contributed by atoms with E-state index in [1.165, 1.54) is 6.92 Å². The van der Waals surface area contributed by atoms with Crippen LogP contribution in [0.5, 0.6) is 0 Å². The summed E-state index contributed by atoms with van der Waals surface area (Å²) in [5, 5.41) is 7.14. The molecule has 0 saturated carbocycles. The van der Waals surface area contributed by atoms with Crippen LogP contribution in [0.1, 0.15) is 29.0 Å². The Hall–Kier alpha value is -4.19. The minimum atomic E-state index is -0.442. The van der Waals surface area contributed by atoms with Crippen LogP contribution in [0.3, 0.4) is 0 Å². The van der Waals surface area contributed by atoms with Gasteiger partial charge in [-0.1, -0.05) is 48.5 Å². The number of nitrogens with one attached hydrogen (secondary N) is 2. The Morgan fingerprint density at radius 3 is 2.42 bits per heavy atom. The quantitative estimate of drug-likeness (QED) is 0.502. The van der Waals surface area contributed by atoms with Gasteiger partial charge in [-0.3, -0.25) is 14.5 Å². The molecule has 152 valence electrons. The molecule has 1 atom stereocenters. The van der Waals surface area contributed by atoms with E-state index in [-0.39, 0.29) is 11.8 Å². The third-order valence-corrected chi connectivity index (χ3v) is 5.29. The van der Waals surface area contributed by atoms with E-state index in [0.717, 1.165) is 22.2 Å². The minimum absolute atomic E-state index is 0.117. The van der Waals surface area contributed by atoms with Crippen LogP contribution in [0.2, 0.25) is 0 Å². The van der Waals surface area contributed by atoms with Crippen molar-refractivity contribution in [1.82, 2.24) is 4.98 Å². The van der Waals surface area contributed by atoms with E-state index >= 15 is 0 Å². The summed E-state index contributed by atoms with van der Waals surface area (Å²) in [6, 6.07) is 26.7. The summed E-state index contributed by atoms with van der Waals surface area (Å²) >= 11 is 0. The Labute approximate surface area is 179 Å². The third kappa shape index (κ3) is 3.48. The highest BCUT2D eigenvalue weighted by atomic mass is 16.2. The Morgan fingerprint density at radius 2 is 1.68 bits per heavy atom. The highest BCUT2D eigenvalue weighted by Gasteiger charge is 2.35. The van der Waals surface area contributed by atoms with E-state index in [9.17, 15) is 9.59 Å². The predicted octanol–water partition coefficient (Wildman–Crippen LogP) is 4.96. The van der Waals surface area contributed by atoms with Gasteiger partial charge in [-0.15, -0.1) is 0 Å². The van der Waals surface area contributed by atoms with Crippen molar-refractivity contribution in [2.45, 2.75) is 13.1 Å². The van der Waals surface area contributed by atoms with E-state index in [2.05, 4.69) is 10.6 Å². The van der Waals surface area contributed by atoms with Crippen molar-refractivity contribution in [2.75, 3.05) is 15.5 Å². The second-order valence-corrected chi connectivity index (χ2v) is 7.44. The van der Waals surface area contributed by atoms with Gasteiger partial charge in [0.05, 0.1) is 11.1 Å². The molecule has 0 radical (unpaired) electrons. The van der Waals surface area contributed by atoms with Crippen LogP contribution in [-0.2, 0) is 4.79 Å². The van der Waals surface area contributed by atoms with Gasteiger partial charge < -0.3 is 10.6 Å². The lowest BCUT2D eigenvalue weighted by Crippen LogP contribution is -2.43. The van der Waals surface area contributed by atoms with Crippen LogP contribution in [-0.4, -0.2) is 16.8 Å². The molecule has 3 aromatic carbocycles. The molecular weight excluding hydrogens is 388 g/mol. The SMILES string of the molecule is CC(=O)Nc1ccc([C@@H]2Nc3nc4ccccc4cc3C(=O)N2c2ccccc2)cc1. The molecule has 0 bridgehead atoms. The molecule has 0 unspecified atom stereocenters. The van der Waals surface area contributed by atoms with E-state index in [0.29, 0.717) is 17.1 Å². The molecule has 6 nitrogen and oxygen atoms in total. The van der Waals surface area contributed by atoms with Crippen LogP contribution in [0.15, 0.2) is 84.9 Å². The molecule has 4 aromatic rings. The largest absolute Gasteiger partial charge is 0.345 e. The second-order valence-electron chi connectivity index (χ2n) is 7.44. The molecule has 6 heteroatoms. The predicted molar refractivity (Wildman–Crippen MR) is 122 cm³/mol. The third-order valence-electron chi connectivity index (χ3n) is 5.29. The van der Waals surface area contributed by atoms with Crippen molar-refractivity contribution in [3.63, 3.8) is 0 Å². The average Bonchev–Trinajstić information content (AvgIpc) is 2.78. The highest BCUT2D eigenvalue weighted by Crippen LogP contribution is 2.37. The maximum atomic E-state index is 13.6. The van der Waals surface area contributed by atoms with Gasteiger partial charge in [-0.25, -0.2) is 4.98 Å². The summed E-state index contributed by atoms with van der Waals surface area (Å²) in [5.74, 6) is 0.315. The number of fused-ring (bicyclic) bond motifs is 2. The fourth-order valence-corrected chi connectivity index (χ4v) is 3.87. The van der Waals surface area contributed by atoms with E-state index in [4.69, 9.17) is 4.98 Å². The van der Waals surface area contributed by atoms with Gasteiger partial charge in [0.2, 0.25) is 5.91 Å². The van der Waals surface area contributed by atoms with Gasteiger partial charge in [0.1, 0.15) is 12.0 Å². The van der Waals surface area contributed by atoms with Crippen LogP contribution >= 0.6 is 0 Å². The molecule has 1 aliphatic heterocycles. The number of nitrogens with zero attached hydrogens (tertiary/aromatic N) is 2. The number of hydrogen-bond acceptors (Lipinski definition) is 4. The number of hydrogen-bond donors (Lipinski definition) is 2.